The average Bonchev–Trinajstić information content (AvgIpc) is 2.59. The second-order valence-corrected chi connectivity index (χ2v) is 3.73. The molecule has 1 aliphatic heterocycles. The van der Waals surface area contributed by atoms with E-state index in [-0.39, 0.29) is 0 Å². The molecule has 0 aromatic heterocycles. The number of anilines is 1. The van der Waals surface area contributed by atoms with Crippen LogP contribution in [0.25, 0.3) is 10.8 Å². The van der Waals surface area contributed by atoms with Crippen molar-refractivity contribution in [3.05, 3.63) is 54.2 Å². The van der Waals surface area contributed by atoms with Crippen molar-refractivity contribution in [3.63, 3.8) is 0 Å². The van der Waals surface area contributed by atoms with Crippen molar-refractivity contribution >= 4 is 16.5 Å². The quantitative estimate of drug-likeness (QED) is 0.657. The van der Waals surface area contributed by atoms with Crippen LogP contribution < -0.4 is 5.32 Å². The molecule has 0 saturated carbocycles. The van der Waals surface area contributed by atoms with Gasteiger partial charge in [0.2, 0.25) is 0 Å². The third-order valence-corrected chi connectivity index (χ3v) is 2.72. The molecule has 3 rings (SSSR count). The van der Waals surface area contributed by atoms with Gasteiger partial charge in [-0.1, -0.05) is 43.0 Å². The second-order valence-electron chi connectivity index (χ2n) is 3.73. The van der Waals surface area contributed by atoms with Crippen LogP contribution in [0, 0.1) is 0 Å². The maximum Gasteiger partial charge on any atom is 0.0497 e. The number of benzene rings is 2. The van der Waals surface area contributed by atoms with Crippen LogP contribution in [0.2, 0.25) is 0 Å². The van der Waals surface area contributed by atoms with Crippen molar-refractivity contribution in [2.75, 3.05) is 5.32 Å². The maximum absolute atomic E-state index is 3.96. The maximum atomic E-state index is 3.96. The topological polar surface area (TPSA) is 12.0 Å². The Kier molecular flexibility index (Phi) is 1.42. The molecule has 1 heterocycles. The molecule has 1 N–H and O–H groups in total. The molecular formula is C13H11N. The lowest BCUT2D eigenvalue weighted by Crippen LogP contribution is -1.88. The molecule has 68 valence electrons. The van der Waals surface area contributed by atoms with Gasteiger partial charge in [-0.15, -0.1) is 0 Å². The van der Waals surface area contributed by atoms with E-state index in [9.17, 15) is 0 Å². The Balaban J connectivity index is 2.39. The third kappa shape index (κ3) is 0.956. The summed E-state index contributed by atoms with van der Waals surface area (Å²) in [6.45, 7) is 3.96. The summed E-state index contributed by atoms with van der Waals surface area (Å²) in [6, 6.07) is 12.8. The van der Waals surface area contributed by atoms with Gasteiger partial charge in [-0.05, 0) is 10.9 Å². The van der Waals surface area contributed by atoms with E-state index in [0.717, 1.165) is 12.1 Å². The number of fused-ring (bicyclic) bond motifs is 3. The van der Waals surface area contributed by atoms with Crippen molar-refractivity contribution in [2.24, 2.45) is 0 Å². The summed E-state index contributed by atoms with van der Waals surface area (Å²) in [5.74, 6) is 0. The number of allylic oxidation sites excluding steroid dienone is 1. The third-order valence-electron chi connectivity index (χ3n) is 2.72. The van der Waals surface area contributed by atoms with Crippen molar-refractivity contribution in [2.45, 2.75) is 6.42 Å². The molecule has 0 spiro atoms. The number of hydrogen-bond donors (Lipinski definition) is 1. The highest BCUT2D eigenvalue weighted by Crippen LogP contribution is 2.34. The van der Waals surface area contributed by atoms with Gasteiger partial charge in [0.15, 0.2) is 0 Å². The van der Waals surface area contributed by atoms with Crippen LogP contribution in [-0.2, 0) is 6.42 Å². The molecule has 1 aliphatic rings. The van der Waals surface area contributed by atoms with E-state index in [4.69, 9.17) is 0 Å². The first-order valence-corrected chi connectivity index (χ1v) is 4.80. The molecule has 2 aromatic rings. The van der Waals surface area contributed by atoms with Crippen LogP contribution >= 0.6 is 0 Å². The van der Waals surface area contributed by atoms with Crippen LogP contribution in [0.1, 0.15) is 5.56 Å². The number of hydrogen-bond acceptors (Lipinski definition) is 1. The molecule has 2 aromatic carbocycles. The Labute approximate surface area is 83.1 Å². The van der Waals surface area contributed by atoms with Crippen LogP contribution in [0.15, 0.2) is 48.7 Å². The summed E-state index contributed by atoms with van der Waals surface area (Å²) in [6.07, 6.45) is 0.958. The largest absolute Gasteiger partial charge is 0.358 e. The van der Waals surface area contributed by atoms with Crippen LogP contribution in [0.5, 0.6) is 0 Å². The SMILES string of the molecule is C=C1Cc2ccc3ccccc3c2N1. The Morgan fingerprint density at radius 2 is 1.93 bits per heavy atom. The molecule has 0 aliphatic carbocycles. The van der Waals surface area contributed by atoms with Gasteiger partial charge in [0, 0.05) is 23.2 Å². The molecule has 14 heavy (non-hydrogen) atoms. The normalized spacial score (nSPS) is 14.1. The minimum atomic E-state index is 0.958. The minimum Gasteiger partial charge on any atom is -0.358 e. The van der Waals surface area contributed by atoms with Gasteiger partial charge in [0.1, 0.15) is 0 Å². The van der Waals surface area contributed by atoms with Gasteiger partial charge in [-0.2, -0.15) is 0 Å². The van der Waals surface area contributed by atoms with E-state index in [0.29, 0.717) is 0 Å². The first kappa shape index (κ1) is 7.63. The van der Waals surface area contributed by atoms with Gasteiger partial charge in [0.25, 0.3) is 0 Å². The van der Waals surface area contributed by atoms with Crippen molar-refractivity contribution in [1.82, 2.24) is 0 Å². The molecule has 0 amide bonds. The average molecular weight is 181 g/mol. The zero-order chi connectivity index (χ0) is 9.54. The lowest BCUT2D eigenvalue weighted by atomic mass is 10.0. The minimum absolute atomic E-state index is 0.958. The van der Waals surface area contributed by atoms with Gasteiger partial charge in [-0.25, -0.2) is 0 Å². The zero-order valence-corrected chi connectivity index (χ0v) is 7.88. The Hall–Kier alpha value is -1.76. The number of rotatable bonds is 0. The fraction of sp³-hybridized carbons (Fsp3) is 0.0769. The highest BCUT2D eigenvalue weighted by Gasteiger charge is 2.14. The summed E-state index contributed by atoms with van der Waals surface area (Å²) < 4.78 is 0. The predicted molar refractivity (Wildman–Crippen MR) is 60.4 cm³/mol. The summed E-state index contributed by atoms with van der Waals surface area (Å²) in [5, 5.41) is 5.93. The van der Waals surface area contributed by atoms with E-state index in [1.165, 1.54) is 22.0 Å². The summed E-state index contributed by atoms with van der Waals surface area (Å²) in [7, 11) is 0. The Morgan fingerprint density at radius 1 is 1.07 bits per heavy atom. The van der Waals surface area contributed by atoms with Gasteiger partial charge in [-0.3, -0.25) is 0 Å². The summed E-state index contributed by atoms with van der Waals surface area (Å²) in [4.78, 5) is 0. The lowest BCUT2D eigenvalue weighted by Gasteiger charge is -2.04. The fourth-order valence-electron chi connectivity index (χ4n) is 2.06. The van der Waals surface area contributed by atoms with Crippen molar-refractivity contribution in [1.29, 1.82) is 0 Å². The van der Waals surface area contributed by atoms with Crippen LogP contribution in [-0.4, -0.2) is 0 Å². The van der Waals surface area contributed by atoms with E-state index in [1.54, 1.807) is 0 Å². The van der Waals surface area contributed by atoms with Gasteiger partial charge in [0.05, 0.1) is 0 Å². The monoisotopic (exact) mass is 181 g/mol. The molecule has 0 atom stereocenters. The fourth-order valence-corrected chi connectivity index (χ4v) is 2.06. The standard InChI is InChI=1S/C13H11N/c1-9-8-11-7-6-10-4-2-3-5-12(10)13(11)14-9/h2-7,14H,1,8H2. The molecule has 1 nitrogen and oxygen atoms in total. The molecule has 0 bridgehead atoms. The lowest BCUT2D eigenvalue weighted by molar-refractivity contribution is 1.26. The molecular weight excluding hydrogens is 170 g/mol. The second kappa shape index (κ2) is 2.61. The Bertz CT molecular complexity index is 526. The molecule has 0 radical (unpaired) electrons. The predicted octanol–water partition coefficient (Wildman–Crippen LogP) is 3.32. The molecule has 0 saturated heterocycles. The molecule has 0 fully saturated rings. The highest BCUT2D eigenvalue weighted by molar-refractivity contribution is 5.97. The molecule has 0 unspecified atom stereocenters. The zero-order valence-electron chi connectivity index (χ0n) is 7.88. The Morgan fingerprint density at radius 3 is 2.86 bits per heavy atom. The first-order chi connectivity index (χ1) is 6.84. The smallest absolute Gasteiger partial charge is 0.0497 e. The highest BCUT2D eigenvalue weighted by atomic mass is 14.9. The van der Waals surface area contributed by atoms with Gasteiger partial charge < -0.3 is 5.32 Å². The van der Waals surface area contributed by atoms with Gasteiger partial charge >= 0.3 is 0 Å². The molecule has 1 heteroatoms. The summed E-state index contributed by atoms with van der Waals surface area (Å²) in [5.41, 5.74) is 3.69. The van der Waals surface area contributed by atoms with E-state index in [1.807, 2.05) is 0 Å². The van der Waals surface area contributed by atoms with E-state index < -0.39 is 0 Å². The van der Waals surface area contributed by atoms with E-state index >= 15 is 0 Å². The van der Waals surface area contributed by atoms with E-state index in [2.05, 4.69) is 48.3 Å². The van der Waals surface area contributed by atoms with Crippen LogP contribution in [0.4, 0.5) is 5.69 Å². The van der Waals surface area contributed by atoms with Crippen molar-refractivity contribution < 1.29 is 0 Å². The van der Waals surface area contributed by atoms with Crippen LogP contribution in [0.3, 0.4) is 0 Å². The number of nitrogens with one attached hydrogen (secondary N) is 1. The first-order valence-electron chi connectivity index (χ1n) is 4.80. The summed E-state index contributed by atoms with van der Waals surface area (Å²) >= 11 is 0. The van der Waals surface area contributed by atoms with Crippen molar-refractivity contribution in [3.8, 4) is 0 Å².